The molecule has 1 fully saturated rings. The Morgan fingerprint density at radius 2 is 1.96 bits per heavy atom. The van der Waals surface area contributed by atoms with Gasteiger partial charge in [-0.1, -0.05) is 18.0 Å². The molecule has 0 aliphatic carbocycles. The molecule has 1 unspecified atom stereocenters. The number of rotatable bonds is 5. The molecular formula is C20H22ClN5O. The summed E-state index contributed by atoms with van der Waals surface area (Å²) in [6.45, 7) is 2.53. The predicted octanol–water partition coefficient (Wildman–Crippen LogP) is 3.57. The Morgan fingerprint density at radius 1 is 1.19 bits per heavy atom. The Kier molecular flexibility index (Phi) is 5.36. The van der Waals surface area contributed by atoms with E-state index in [0.717, 1.165) is 29.6 Å². The van der Waals surface area contributed by atoms with Gasteiger partial charge in [-0.2, -0.15) is 0 Å². The molecule has 140 valence electrons. The van der Waals surface area contributed by atoms with Crippen LogP contribution >= 0.6 is 11.6 Å². The van der Waals surface area contributed by atoms with E-state index in [1.54, 1.807) is 6.07 Å². The molecule has 4 rings (SSSR count). The summed E-state index contributed by atoms with van der Waals surface area (Å²) in [5.41, 5.74) is 2.43. The third kappa shape index (κ3) is 3.82. The Labute approximate surface area is 163 Å². The van der Waals surface area contributed by atoms with Crippen molar-refractivity contribution in [1.82, 2.24) is 25.2 Å². The number of H-pyrrole nitrogens is 1. The highest BCUT2D eigenvalue weighted by Crippen LogP contribution is 2.27. The quantitative estimate of drug-likeness (QED) is 0.706. The van der Waals surface area contributed by atoms with Crippen molar-refractivity contribution >= 4 is 28.4 Å². The smallest absolute Gasteiger partial charge is 0.252 e. The maximum atomic E-state index is 12.8. The van der Waals surface area contributed by atoms with E-state index < -0.39 is 0 Å². The number of likely N-dealkylation sites (tertiary alicyclic amines) is 1. The molecule has 27 heavy (non-hydrogen) atoms. The lowest BCUT2D eigenvalue weighted by molar-refractivity contribution is 0.0924. The zero-order valence-electron chi connectivity index (χ0n) is 15.0. The van der Waals surface area contributed by atoms with Gasteiger partial charge in [0.2, 0.25) is 0 Å². The van der Waals surface area contributed by atoms with E-state index in [0.29, 0.717) is 17.1 Å². The molecule has 1 aromatic carbocycles. The number of hydrogen-bond acceptors (Lipinski definition) is 4. The molecule has 0 saturated carbocycles. The van der Waals surface area contributed by atoms with Gasteiger partial charge in [-0.15, -0.1) is 0 Å². The molecule has 0 radical (unpaired) electrons. The minimum absolute atomic E-state index is 0.0604. The standard InChI is InChI=1S/C20H22ClN5O/c21-19-15-6-7-24-17(15)5-4-16(19)20(27)25-12-18(14-10-22-13-23-11-14)26-8-2-1-3-9-26/h4-7,10-11,13,18,24H,1-3,8-9,12H2,(H,25,27). The van der Waals surface area contributed by atoms with Gasteiger partial charge in [-0.25, -0.2) is 9.97 Å². The number of carbonyl (C=O) groups excluding carboxylic acids is 1. The number of benzene rings is 1. The van der Waals surface area contributed by atoms with Gasteiger partial charge in [0, 0.05) is 41.6 Å². The molecule has 1 aliphatic rings. The van der Waals surface area contributed by atoms with Gasteiger partial charge >= 0.3 is 0 Å². The number of hydrogen-bond donors (Lipinski definition) is 2. The lowest BCUT2D eigenvalue weighted by Gasteiger charge is -2.34. The molecule has 1 amide bonds. The maximum Gasteiger partial charge on any atom is 0.252 e. The SMILES string of the molecule is O=C(NCC(c1cncnc1)N1CCCCC1)c1ccc2[nH]ccc2c1Cl. The minimum atomic E-state index is -0.165. The van der Waals surface area contributed by atoms with Crippen molar-refractivity contribution in [1.29, 1.82) is 0 Å². The second kappa shape index (κ2) is 8.06. The summed E-state index contributed by atoms with van der Waals surface area (Å²) < 4.78 is 0. The molecule has 6 nitrogen and oxygen atoms in total. The molecule has 3 aromatic rings. The molecule has 0 spiro atoms. The highest BCUT2D eigenvalue weighted by Gasteiger charge is 2.24. The molecule has 0 bridgehead atoms. The zero-order valence-corrected chi connectivity index (χ0v) is 15.7. The van der Waals surface area contributed by atoms with Crippen LogP contribution in [0.1, 0.15) is 41.2 Å². The van der Waals surface area contributed by atoms with Crippen molar-refractivity contribution in [2.45, 2.75) is 25.3 Å². The van der Waals surface area contributed by atoms with Crippen molar-refractivity contribution in [2.24, 2.45) is 0 Å². The molecule has 1 saturated heterocycles. The first-order valence-corrected chi connectivity index (χ1v) is 9.64. The Morgan fingerprint density at radius 3 is 2.74 bits per heavy atom. The van der Waals surface area contributed by atoms with Crippen molar-refractivity contribution < 1.29 is 4.79 Å². The highest BCUT2D eigenvalue weighted by molar-refractivity contribution is 6.38. The maximum absolute atomic E-state index is 12.8. The molecule has 2 aromatic heterocycles. The molecular weight excluding hydrogens is 362 g/mol. The number of nitrogens with zero attached hydrogens (tertiary/aromatic N) is 3. The number of piperidine rings is 1. The highest BCUT2D eigenvalue weighted by atomic mass is 35.5. The molecule has 2 N–H and O–H groups in total. The van der Waals surface area contributed by atoms with Crippen LogP contribution in [-0.4, -0.2) is 45.4 Å². The van der Waals surface area contributed by atoms with Gasteiger partial charge in [-0.05, 0) is 44.1 Å². The second-order valence-electron chi connectivity index (χ2n) is 6.86. The average Bonchev–Trinajstić information content (AvgIpc) is 3.20. The molecule has 1 aliphatic heterocycles. The fourth-order valence-corrected chi connectivity index (χ4v) is 4.04. The number of amides is 1. The number of halogens is 1. The monoisotopic (exact) mass is 383 g/mol. The summed E-state index contributed by atoms with van der Waals surface area (Å²) in [4.78, 5) is 26.6. The number of carbonyl (C=O) groups is 1. The van der Waals surface area contributed by atoms with Crippen LogP contribution < -0.4 is 5.32 Å². The van der Waals surface area contributed by atoms with E-state index in [-0.39, 0.29) is 11.9 Å². The summed E-state index contributed by atoms with van der Waals surface area (Å²) in [5, 5.41) is 4.39. The van der Waals surface area contributed by atoms with E-state index in [4.69, 9.17) is 11.6 Å². The van der Waals surface area contributed by atoms with Crippen LogP contribution in [0.5, 0.6) is 0 Å². The van der Waals surface area contributed by atoms with Gasteiger partial charge in [0.25, 0.3) is 5.91 Å². The average molecular weight is 384 g/mol. The third-order valence-corrected chi connectivity index (χ3v) is 5.57. The van der Waals surface area contributed by atoms with Crippen LogP contribution in [0.15, 0.2) is 43.1 Å². The second-order valence-corrected chi connectivity index (χ2v) is 7.24. The van der Waals surface area contributed by atoms with Gasteiger partial charge in [-0.3, -0.25) is 9.69 Å². The topological polar surface area (TPSA) is 73.9 Å². The summed E-state index contributed by atoms with van der Waals surface area (Å²) in [6, 6.07) is 5.58. The summed E-state index contributed by atoms with van der Waals surface area (Å²) >= 11 is 6.45. The van der Waals surface area contributed by atoms with E-state index in [1.165, 1.54) is 25.6 Å². The first-order valence-electron chi connectivity index (χ1n) is 9.27. The van der Waals surface area contributed by atoms with Gasteiger partial charge in [0.1, 0.15) is 6.33 Å². The molecule has 1 atom stereocenters. The van der Waals surface area contributed by atoms with E-state index >= 15 is 0 Å². The van der Waals surface area contributed by atoms with Crippen LogP contribution in [0.4, 0.5) is 0 Å². The molecule has 3 heterocycles. The first-order chi connectivity index (χ1) is 13.2. The first kappa shape index (κ1) is 17.9. The van der Waals surface area contributed by atoms with E-state index in [1.807, 2.05) is 30.7 Å². The van der Waals surface area contributed by atoms with Crippen LogP contribution in [0, 0.1) is 0 Å². The van der Waals surface area contributed by atoms with Gasteiger partial charge in [0.15, 0.2) is 0 Å². The number of aromatic amines is 1. The van der Waals surface area contributed by atoms with E-state index in [9.17, 15) is 4.79 Å². The summed E-state index contributed by atoms with van der Waals surface area (Å²) in [5.74, 6) is -0.165. The van der Waals surface area contributed by atoms with Crippen molar-refractivity contribution in [3.63, 3.8) is 0 Å². The van der Waals surface area contributed by atoms with Crippen molar-refractivity contribution in [3.05, 3.63) is 59.3 Å². The third-order valence-electron chi connectivity index (χ3n) is 5.17. The predicted molar refractivity (Wildman–Crippen MR) is 106 cm³/mol. The Hall–Kier alpha value is -2.44. The Bertz CT molecular complexity index is 921. The van der Waals surface area contributed by atoms with E-state index in [2.05, 4.69) is 25.2 Å². The van der Waals surface area contributed by atoms with Crippen LogP contribution in [0.25, 0.3) is 10.9 Å². The normalized spacial score (nSPS) is 16.3. The number of fused-ring (bicyclic) bond motifs is 1. The lowest BCUT2D eigenvalue weighted by Crippen LogP contribution is -2.40. The Balaban J connectivity index is 1.52. The minimum Gasteiger partial charge on any atom is -0.361 e. The number of aromatic nitrogens is 3. The van der Waals surface area contributed by atoms with Gasteiger partial charge in [0.05, 0.1) is 16.6 Å². The summed E-state index contributed by atoms with van der Waals surface area (Å²) in [7, 11) is 0. The van der Waals surface area contributed by atoms with Crippen LogP contribution in [-0.2, 0) is 0 Å². The fourth-order valence-electron chi connectivity index (χ4n) is 3.73. The fraction of sp³-hybridized carbons (Fsp3) is 0.350. The zero-order chi connectivity index (χ0) is 18.6. The van der Waals surface area contributed by atoms with Crippen molar-refractivity contribution in [2.75, 3.05) is 19.6 Å². The van der Waals surface area contributed by atoms with Crippen molar-refractivity contribution in [3.8, 4) is 0 Å². The van der Waals surface area contributed by atoms with Gasteiger partial charge < -0.3 is 10.3 Å². The molecule has 7 heteroatoms. The largest absolute Gasteiger partial charge is 0.361 e. The number of nitrogens with one attached hydrogen (secondary N) is 2. The summed E-state index contributed by atoms with van der Waals surface area (Å²) in [6.07, 6.45) is 10.6. The van der Waals surface area contributed by atoms with Crippen LogP contribution in [0.2, 0.25) is 5.02 Å². The lowest BCUT2D eigenvalue weighted by atomic mass is 10.0. The van der Waals surface area contributed by atoms with Crippen LogP contribution in [0.3, 0.4) is 0 Å².